The van der Waals surface area contributed by atoms with Crippen molar-refractivity contribution in [2.75, 3.05) is 25.1 Å². The average molecular weight is 421 g/mol. The van der Waals surface area contributed by atoms with Gasteiger partial charge in [-0.05, 0) is 43.2 Å². The van der Waals surface area contributed by atoms with Crippen LogP contribution in [0.3, 0.4) is 0 Å². The van der Waals surface area contributed by atoms with Gasteiger partial charge < -0.3 is 10.1 Å². The van der Waals surface area contributed by atoms with Crippen molar-refractivity contribution >= 4 is 34.7 Å². The van der Waals surface area contributed by atoms with Crippen LogP contribution in [0.1, 0.15) is 18.9 Å². The Morgan fingerprint density at radius 2 is 1.76 bits per heavy atom. The standard InChI is InChI=1S/C21H19ClF2N2O3/c1-2-29-11-3-10-26-20(27)18(13-4-6-14(22)7-5-13)19(21(26)28)25-15-8-9-16(23)17(24)12-15/h4-9,12,25H,2-3,10-11H2,1H3. The maximum atomic E-state index is 13.6. The van der Waals surface area contributed by atoms with Crippen molar-refractivity contribution in [2.45, 2.75) is 13.3 Å². The van der Waals surface area contributed by atoms with E-state index in [0.29, 0.717) is 30.2 Å². The molecular weight excluding hydrogens is 402 g/mol. The maximum absolute atomic E-state index is 13.6. The van der Waals surface area contributed by atoms with Crippen LogP contribution < -0.4 is 5.32 Å². The lowest BCUT2D eigenvalue weighted by atomic mass is 10.0. The summed E-state index contributed by atoms with van der Waals surface area (Å²) in [5, 5.41) is 3.26. The highest BCUT2D eigenvalue weighted by atomic mass is 35.5. The van der Waals surface area contributed by atoms with Crippen molar-refractivity contribution < 1.29 is 23.1 Å². The van der Waals surface area contributed by atoms with Crippen LogP contribution in [-0.2, 0) is 14.3 Å². The number of anilines is 1. The SMILES string of the molecule is CCOCCCN1C(=O)C(Nc2ccc(F)c(F)c2)=C(c2ccc(Cl)cc2)C1=O. The summed E-state index contributed by atoms with van der Waals surface area (Å²) < 4.78 is 32.1. The Kier molecular flexibility index (Phi) is 6.61. The lowest BCUT2D eigenvalue weighted by Gasteiger charge is -2.15. The minimum absolute atomic E-state index is 0.000240. The minimum atomic E-state index is -1.06. The molecule has 0 saturated carbocycles. The van der Waals surface area contributed by atoms with Crippen LogP contribution in [0.2, 0.25) is 5.02 Å². The largest absolute Gasteiger partial charge is 0.382 e. The van der Waals surface area contributed by atoms with Crippen molar-refractivity contribution in [3.05, 3.63) is 70.4 Å². The van der Waals surface area contributed by atoms with Crippen molar-refractivity contribution in [1.29, 1.82) is 0 Å². The Balaban J connectivity index is 1.95. The predicted octanol–water partition coefficient (Wildman–Crippen LogP) is 4.24. The molecule has 152 valence electrons. The molecule has 0 atom stereocenters. The number of hydrogen-bond donors (Lipinski definition) is 1. The van der Waals surface area contributed by atoms with Crippen LogP contribution in [-0.4, -0.2) is 36.5 Å². The fraction of sp³-hybridized carbons (Fsp3) is 0.238. The third kappa shape index (κ3) is 4.63. The fourth-order valence-corrected chi connectivity index (χ4v) is 3.09. The molecule has 2 amide bonds. The number of amides is 2. The third-order valence-electron chi connectivity index (χ3n) is 4.36. The van der Waals surface area contributed by atoms with Crippen molar-refractivity contribution in [3.8, 4) is 0 Å². The number of nitrogens with one attached hydrogen (secondary N) is 1. The van der Waals surface area contributed by atoms with E-state index in [0.717, 1.165) is 17.0 Å². The Bertz CT molecular complexity index is 961. The first kappa shape index (κ1) is 21.0. The number of benzene rings is 2. The molecule has 1 heterocycles. The first-order valence-corrected chi connectivity index (χ1v) is 9.46. The highest BCUT2D eigenvalue weighted by Gasteiger charge is 2.38. The van der Waals surface area contributed by atoms with E-state index in [1.807, 2.05) is 6.92 Å². The summed E-state index contributed by atoms with van der Waals surface area (Å²) >= 11 is 5.92. The number of rotatable bonds is 8. The van der Waals surface area contributed by atoms with Gasteiger partial charge in [0.05, 0.1) is 5.57 Å². The molecule has 0 aliphatic carbocycles. The lowest BCUT2D eigenvalue weighted by Crippen LogP contribution is -2.34. The number of halogens is 3. The van der Waals surface area contributed by atoms with E-state index in [1.165, 1.54) is 6.07 Å². The summed E-state index contributed by atoms with van der Waals surface area (Å²) in [6, 6.07) is 9.63. The summed E-state index contributed by atoms with van der Waals surface area (Å²) in [6.07, 6.45) is 0.484. The van der Waals surface area contributed by atoms with Gasteiger partial charge in [0.25, 0.3) is 11.8 Å². The fourth-order valence-electron chi connectivity index (χ4n) is 2.97. The molecule has 5 nitrogen and oxygen atoms in total. The molecule has 0 spiro atoms. The van der Waals surface area contributed by atoms with Crippen LogP contribution in [0, 0.1) is 11.6 Å². The van der Waals surface area contributed by atoms with Crippen LogP contribution in [0.25, 0.3) is 5.57 Å². The topological polar surface area (TPSA) is 58.6 Å². The third-order valence-corrected chi connectivity index (χ3v) is 4.62. The average Bonchev–Trinajstić information content (AvgIpc) is 2.93. The second kappa shape index (κ2) is 9.15. The predicted molar refractivity (Wildman–Crippen MR) is 106 cm³/mol. The molecule has 0 bridgehead atoms. The van der Waals surface area contributed by atoms with Gasteiger partial charge in [0.1, 0.15) is 5.70 Å². The Labute approximate surface area is 171 Å². The summed E-state index contributed by atoms with van der Waals surface area (Å²) in [7, 11) is 0. The smallest absolute Gasteiger partial charge is 0.278 e. The van der Waals surface area contributed by atoms with Crippen molar-refractivity contribution in [3.63, 3.8) is 0 Å². The lowest BCUT2D eigenvalue weighted by molar-refractivity contribution is -0.137. The Hall–Kier alpha value is -2.77. The van der Waals surface area contributed by atoms with E-state index in [9.17, 15) is 18.4 Å². The van der Waals surface area contributed by atoms with Gasteiger partial charge in [-0.2, -0.15) is 0 Å². The molecule has 29 heavy (non-hydrogen) atoms. The molecule has 2 aromatic rings. The van der Waals surface area contributed by atoms with Gasteiger partial charge in [0.2, 0.25) is 0 Å². The van der Waals surface area contributed by atoms with Crippen molar-refractivity contribution in [2.24, 2.45) is 0 Å². The highest BCUT2D eigenvalue weighted by molar-refractivity contribution is 6.36. The molecular formula is C21H19ClF2N2O3. The monoisotopic (exact) mass is 420 g/mol. The summed E-state index contributed by atoms with van der Waals surface area (Å²) in [6.45, 7) is 2.99. The van der Waals surface area contributed by atoms with Gasteiger partial charge in [-0.15, -0.1) is 0 Å². The first-order chi connectivity index (χ1) is 13.9. The van der Waals surface area contributed by atoms with Crippen LogP contribution in [0.5, 0.6) is 0 Å². The number of imide groups is 1. The van der Waals surface area contributed by atoms with E-state index >= 15 is 0 Å². The number of carbonyl (C=O) groups is 2. The molecule has 1 aliphatic rings. The van der Waals surface area contributed by atoms with Gasteiger partial charge in [-0.25, -0.2) is 8.78 Å². The number of nitrogens with zero attached hydrogens (tertiary/aromatic N) is 1. The van der Waals surface area contributed by atoms with Gasteiger partial charge in [0, 0.05) is 36.5 Å². The van der Waals surface area contributed by atoms with Gasteiger partial charge in [-0.1, -0.05) is 23.7 Å². The molecule has 2 aromatic carbocycles. The van der Waals surface area contributed by atoms with Gasteiger partial charge in [0.15, 0.2) is 11.6 Å². The summed E-state index contributed by atoms with van der Waals surface area (Å²) in [5.41, 5.74) is 0.792. The highest BCUT2D eigenvalue weighted by Crippen LogP contribution is 2.31. The van der Waals surface area contributed by atoms with E-state index in [4.69, 9.17) is 16.3 Å². The van der Waals surface area contributed by atoms with E-state index in [2.05, 4.69) is 5.32 Å². The normalized spacial score (nSPS) is 14.1. The molecule has 1 aliphatic heterocycles. The van der Waals surface area contributed by atoms with Gasteiger partial charge >= 0.3 is 0 Å². The Morgan fingerprint density at radius 1 is 1.03 bits per heavy atom. The molecule has 0 unspecified atom stereocenters. The molecule has 1 N–H and O–H groups in total. The van der Waals surface area contributed by atoms with Crippen LogP contribution >= 0.6 is 11.6 Å². The molecule has 3 rings (SSSR count). The van der Waals surface area contributed by atoms with E-state index < -0.39 is 23.4 Å². The van der Waals surface area contributed by atoms with E-state index in [-0.39, 0.29) is 23.5 Å². The molecule has 8 heteroatoms. The minimum Gasteiger partial charge on any atom is -0.382 e. The molecule has 0 radical (unpaired) electrons. The zero-order valence-electron chi connectivity index (χ0n) is 15.7. The summed E-state index contributed by atoms with van der Waals surface area (Å²) in [4.78, 5) is 27.0. The second-order valence-electron chi connectivity index (χ2n) is 6.32. The number of carbonyl (C=O) groups excluding carboxylic acids is 2. The first-order valence-electron chi connectivity index (χ1n) is 9.08. The maximum Gasteiger partial charge on any atom is 0.278 e. The number of ether oxygens (including phenoxy) is 1. The van der Waals surface area contributed by atoms with Crippen LogP contribution in [0.15, 0.2) is 48.2 Å². The zero-order chi connectivity index (χ0) is 21.0. The number of hydrogen-bond acceptors (Lipinski definition) is 4. The molecule has 0 fully saturated rings. The van der Waals surface area contributed by atoms with Crippen molar-refractivity contribution in [1.82, 2.24) is 4.90 Å². The van der Waals surface area contributed by atoms with Crippen LogP contribution in [0.4, 0.5) is 14.5 Å². The summed E-state index contributed by atoms with van der Waals surface area (Å²) in [5.74, 6) is -3.08. The quantitative estimate of drug-likeness (QED) is 0.512. The zero-order valence-corrected chi connectivity index (χ0v) is 16.4. The molecule has 0 aromatic heterocycles. The Morgan fingerprint density at radius 3 is 2.41 bits per heavy atom. The van der Waals surface area contributed by atoms with Gasteiger partial charge in [-0.3, -0.25) is 14.5 Å². The van der Waals surface area contributed by atoms with E-state index in [1.54, 1.807) is 24.3 Å². The molecule has 0 saturated heterocycles. The second-order valence-corrected chi connectivity index (χ2v) is 6.76.